The van der Waals surface area contributed by atoms with Crippen LogP contribution in [0.2, 0.25) is 5.02 Å². The van der Waals surface area contributed by atoms with Gasteiger partial charge in [-0.05, 0) is 36.8 Å². The molecular weight excluding hydrogens is 268 g/mol. The van der Waals surface area contributed by atoms with Gasteiger partial charge in [-0.15, -0.1) is 0 Å². The molecule has 0 aliphatic carbocycles. The van der Waals surface area contributed by atoms with Gasteiger partial charge in [-0.1, -0.05) is 23.7 Å². The summed E-state index contributed by atoms with van der Waals surface area (Å²) in [5.74, 6) is 0. The van der Waals surface area contributed by atoms with Gasteiger partial charge in [0.2, 0.25) is 5.52 Å². The van der Waals surface area contributed by atoms with Gasteiger partial charge >= 0.3 is 0 Å². The average molecular weight is 284 g/mol. The number of hydrogen-bond donors (Lipinski definition) is 1. The van der Waals surface area contributed by atoms with E-state index in [0.29, 0.717) is 0 Å². The third kappa shape index (κ3) is 2.61. The van der Waals surface area contributed by atoms with Crippen molar-refractivity contribution in [3.63, 3.8) is 0 Å². The lowest BCUT2D eigenvalue weighted by atomic mass is 10.1. The number of rotatable bonds is 2. The fourth-order valence-corrected chi connectivity index (χ4v) is 2.55. The number of halogens is 1. The van der Waals surface area contributed by atoms with Gasteiger partial charge in [0.25, 0.3) is 0 Å². The lowest BCUT2D eigenvalue weighted by molar-refractivity contribution is -0.354. The number of nitrogens with one attached hydrogen (secondary N) is 2. The van der Waals surface area contributed by atoms with Crippen molar-refractivity contribution >= 4 is 33.9 Å². The Hall–Kier alpha value is -2.06. The van der Waals surface area contributed by atoms with Gasteiger partial charge in [0.1, 0.15) is 0 Å². The maximum Gasteiger partial charge on any atom is 0.213 e. The first-order chi connectivity index (χ1) is 9.61. The number of pyridine rings is 1. The van der Waals surface area contributed by atoms with Crippen molar-refractivity contribution in [2.75, 3.05) is 5.32 Å². The summed E-state index contributed by atoms with van der Waals surface area (Å²) in [5.41, 5.74) is 5.56. The molecule has 0 bridgehead atoms. The molecule has 0 fully saturated rings. The first-order valence-corrected chi connectivity index (χ1v) is 6.95. The summed E-state index contributed by atoms with van der Waals surface area (Å²) in [6.07, 6.45) is 0. The Labute approximate surface area is 123 Å². The molecule has 0 spiro atoms. The van der Waals surface area contributed by atoms with E-state index in [1.54, 1.807) is 0 Å². The fourth-order valence-electron chi connectivity index (χ4n) is 2.36. The molecule has 20 heavy (non-hydrogen) atoms. The smallest absolute Gasteiger partial charge is 0.213 e. The van der Waals surface area contributed by atoms with E-state index < -0.39 is 0 Å². The van der Waals surface area contributed by atoms with Crippen LogP contribution in [0, 0.1) is 13.8 Å². The lowest BCUT2D eigenvalue weighted by Gasteiger charge is -2.09. The summed E-state index contributed by atoms with van der Waals surface area (Å²) in [7, 11) is 0. The van der Waals surface area contributed by atoms with E-state index in [-0.39, 0.29) is 0 Å². The van der Waals surface area contributed by atoms with Crippen molar-refractivity contribution in [1.82, 2.24) is 0 Å². The molecule has 3 aromatic rings. The van der Waals surface area contributed by atoms with Crippen molar-refractivity contribution in [2.45, 2.75) is 13.8 Å². The summed E-state index contributed by atoms with van der Waals surface area (Å²) in [5, 5.41) is 5.36. The largest absolute Gasteiger partial charge is 0.355 e. The first-order valence-electron chi connectivity index (χ1n) is 6.58. The van der Waals surface area contributed by atoms with Crippen molar-refractivity contribution < 1.29 is 4.98 Å². The number of fused-ring (bicyclic) bond motifs is 1. The highest BCUT2D eigenvalue weighted by atomic mass is 35.5. The van der Waals surface area contributed by atoms with E-state index in [4.69, 9.17) is 11.6 Å². The second kappa shape index (κ2) is 5.14. The predicted octanol–water partition coefficient (Wildman–Crippen LogP) is 4.67. The van der Waals surface area contributed by atoms with Crippen LogP contribution in [0.1, 0.15) is 11.3 Å². The topological polar surface area (TPSA) is 26.2 Å². The molecule has 0 aliphatic heterocycles. The van der Waals surface area contributed by atoms with Crippen LogP contribution in [0.5, 0.6) is 0 Å². The molecule has 0 unspecified atom stereocenters. The molecule has 0 saturated heterocycles. The molecule has 2 N–H and O–H groups in total. The molecule has 1 heterocycles. The summed E-state index contributed by atoms with van der Waals surface area (Å²) in [6, 6.07) is 16.3. The molecule has 3 heteroatoms. The van der Waals surface area contributed by atoms with Crippen LogP contribution in [0.15, 0.2) is 48.5 Å². The second-order valence-corrected chi connectivity index (χ2v) is 5.49. The van der Waals surface area contributed by atoms with Gasteiger partial charge in [0.15, 0.2) is 5.69 Å². The van der Waals surface area contributed by atoms with Crippen LogP contribution in [0.25, 0.3) is 10.9 Å². The Kier molecular flexibility index (Phi) is 3.33. The van der Waals surface area contributed by atoms with Crippen LogP contribution < -0.4 is 10.3 Å². The highest BCUT2D eigenvalue weighted by Gasteiger charge is 2.09. The fraction of sp³-hybridized carbons (Fsp3) is 0.118. The Morgan fingerprint density at radius 2 is 1.85 bits per heavy atom. The maximum absolute atomic E-state index is 6.04. The van der Waals surface area contributed by atoms with Gasteiger partial charge in [0, 0.05) is 29.8 Å². The Balaban J connectivity index is 2.12. The van der Waals surface area contributed by atoms with Gasteiger partial charge < -0.3 is 5.32 Å². The van der Waals surface area contributed by atoms with Crippen LogP contribution in [-0.4, -0.2) is 0 Å². The molecule has 3 rings (SSSR count). The minimum absolute atomic E-state index is 0.731. The lowest BCUT2D eigenvalue weighted by Crippen LogP contribution is -2.10. The standard InChI is InChI=1S/C17H15ClN2/c1-11-6-7-16-15(8-11)17(9-12(2)19-16)20-14-5-3-4-13(18)10-14/h3-10H,1-2H3,(H,19,20)/p+1. The van der Waals surface area contributed by atoms with Crippen LogP contribution >= 0.6 is 11.6 Å². The Bertz CT molecular complexity index is 781. The molecule has 2 nitrogen and oxygen atoms in total. The SMILES string of the molecule is Cc1ccc2[nH+]c(C)cc(Nc3cccc(Cl)c3)c2c1. The van der Waals surface area contributed by atoms with E-state index in [9.17, 15) is 0 Å². The highest BCUT2D eigenvalue weighted by Crippen LogP contribution is 2.26. The van der Waals surface area contributed by atoms with E-state index >= 15 is 0 Å². The van der Waals surface area contributed by atoms with E-state index in [2.05, 4.69) is 48.4 Å². The number of aromatic amines is 1. The zero-order valence-electron chi connectivity index (χ0n) is 11.5. The Morgan fingerprint density at radius 1 is 1.00 bits per heavy atom. The Morgan fingerprint density at radius 3 is 2.65 bits per heavy atom. The van der Waals surface area contributed by atoms with Gasteiger partial charge in [-0.2, -0.15) is 0 Å². The van der Waals surface area contributed by atoms with Crippen LogP contribution in [0.3, 0.4) is 0 Å². The van der Waals surface area contributed by atoms with E-state index in [1.807, 2.05) is 24.3 Å². The number of H-pyrrole nitrogens is 1. The predicted molar refractivity (Wildman–Crippen MR) is 84.7 cm³/mol. The molecule has 0 saturated carbocycles. The van der Waals surface area contributed by atoms with Crippen LogP contribution in [-0.2, 0) is 0 Å². The minimum Gasteiger partial charge on any atom is -0.355 e. The number of hydrogen-bond acceptors (Lipinski definition) is 1. The van der Waals surface area contributed by atoms with Gasteiger partial charge in [-0.25, -0.2) is 4.98 Å². The monoisotopic (exact) mass is 283 g/mol. The van der Waals surface area contributed by atoms with E-state index in [0.717, 1.165) is 27.6 Å². The molecule has 0 aliphatic rings. The summed E-state index contributed by atoms with van der Waals surface area (Å²) in [4.78, 5) is 3.39. The molecular formula is C17H16ClN2+. The number of aryl methyl sites for hydroxylation is 2. The molecule has 1 aromatic heterocycles. The highest BCUT2D eigenvalue weighted by molar-refractivity contribution is 6.30. The van der Waals surface area contributed by atoms with Crippen molar-refractivity contribution in [3.05, 3.63) is 64.8 Å². The number of benzene rings is 2. The normalized spacial score (nSPS) is 10.8. The quantitative estimate of drug-likeness (QED) is 0.727. The zero-order chi connectivity index (χ0) is 14.1. The number of aromatic nitrogens is 1. The molecule has 0 amide bonds. The van der Waals surface area contributed by atoms with E-state index in [1.165, 1.54) is 10.9 Å². The summed E-state index contributed by atoms with van der Waals surface area (Å²) < 4.78 is 0. The average Bonchev–Trinajstić information content (AvgIpc) is 2.39. The molecule has 2 aromatic carbocycles. The summed E-state index contributed by atoms with van der Waals surface area (Å²) in [6.45, 7) is 4.16. The van der Waals surface area contributed by atoms with Gasteiger partial charge in [-0.3, -0.25) is 0 Å². The second-order valence-electron chi connectivity index (χ2n) is 5.05. The first kappa shape index (κ1) is 12.9. The molecule has 0 radical (unpaired) electrons. The third-order valence-electron chi connectivity index (χ3n) is 3.26. The number of anilines is 2. The van der Waals surface area contributed by atoms with Gasteiger partial charge in [0.05, 0.1) is 11.1 Å². The maximum atomic E-state index is 6.04. The van der Waals surface area contributed by atoms with Crippen LogP contribution in [0.4, 0.5) is 11.4 Å². The third-order valence-corrected chi connectivity index (χ3v) is 3.50. The van der Waals surface area contributed by atoms with Crippen molar-refractivity contribution in [2.24, 2.45) is 0 Å². The van der Waals surface area contributed by atoms with Crippen molar-refractivity contribution in [1.29, 1.82) is 0 Å². The molecule has 0 atom stereocenters. The minimum atomic E-state index is 0.731. The zero-order valence-corrected chi connectivity index (χ0v) is 12.3. The molecule has 100 valence electrons. The van der Waals surface area contributed by atoms with Crippen molar-refractivity contribution in [3.8, 4) is 0 Å². The summed E-state index contributed by atoms with van der Waals surface area (Å²) >= 11 is 6.04.